The van der Waals surface area contributed by atoms with Crippen LogP contribution in [0.1, 0.15) is 23.2 Å². The summed E-state index contributed by atoms with van der Waals surface area (Å²) in [5.41, 5.74) is 0.175. The van der Waals surface area contributed by atoms with E-state index in [-0.39, 0.29) is 11.7 Å². The fourth-order valence-electron chi connectivity index (χ4n) is 1.79. The Morgan fingerprint density at radius 3 is 2.33 bits per heavy atom. The number of carboxylic acids is 1. The fourth-order valence-corrected chi connectivity index (χ4v) is 2.86. The van der Waals surface area contributed by atoms with Crippen LogP contribution in [0.25, 0.3) is 0 Å². The maximum atomic E-state index is 11.2. The molecule has 1 fully saturated rings. The Bertz CT molecular complexity index is 435. The molecule has 1 aliphatic heterocycles. The minimum atomic E-state index is -1.44. The molecule has 0 unspecified atom stereocenters. The van der Waals surface area contributed by atoms with E-state index in [1.807, 2.05) is 11.8 Å². The molecule has 1 aromatic carbocycles. The second-order valence-electron chi connectivity index (χ2n) is 4.09. The molecule has 5 heteroatoms. The number of ketones is 1. The van der Waals surface area contributed by atoms with Crippen molar-refractivity contribution in [3.8, 4) is 5.75 Å². The highest BCUT2D eigenvalue weighted by Crippen LogP contribution is 2.22. The van der Waals surface area contributed by atoms with Gasteiger partial charge in [-0.25, -0.2) is 4.79 Å². The lowest BCUT2D eigenvalue weighted by Gasteiger charge is -2.22. The molecule has 0 spiro atoms. The second kappa shape index (κ2) is 5.91. The zero-order valence-electron chi connectivity index (χ0n) is 9.80. The van der Waals surface area contributed by atoms with E-state index in [0.717, 1.165) is 24.3 Å². The molecule has 18 heavy (non-hydrogen) atoms. The number of carbonyl (C=O) groups is 2. The quantitative estimate of drug-likeness (QED) is 0.668. The van der Waals surface area contributed by atoms with Gasteiger partial charge in [-0.3, -0.25) is 4.79 Å². The molecule has 96 valence electrons. The van der Waals surface area contributed by atoms with Crippen LogP contribution in [0.2, 0.25) is 0 Å². The van der Waals surface area contributed by atoms with Crippen molar-refractivity contribution in [1.82, 2.24) is 0 Å². The average molecular weight is 266 g/mol. The number of carbonyl (C=O) groups excluding carboxylic acids is 1. The molecule has 0 bridgehead atoms. The Hall–Kier alpha value is -1.49. The van der Waals surface area contributed by atoms with E-state index < -0.39 is 11.8 Å². The summed E-state index contributed by atoms with van der Waals surface area (Å²) in [6.45, 7) is 0. The van der Waals surface area contributed by atoms with E-state index in [2.05, 4.69) is 0 Å². The zero-order valence-corrected chi connectivity index (χ0v) is 10.6. The molecule has 1 N–H and O–H groups in total. The van der Waals surface area contributed by atoms with Gasteiger partial charge in [0.2, 0.25) is 0 Å². The Morgan fingerprint density at radius 1 is 1.17 bits per heavy atom. The molecule has 2 rings (SSSR count). The molecule has 0 aliphatic carbocycles. The summed E-state index contributed by atoms with van der Waals surface area (Å²) < 4.78 is 5.78. The van der Waals surface area contributed by atoms with Crippen LogP contribution >= 0.6 is 11.8 Å². The number of hydrogen-bond acceptors (Lipinski definition) is 4. The van der Waals surface area contributed by atoms with Gasteiger partial charge in [-0.05, 0) is 48.6 Å². The van der Waals surface area contributed by atoms with Crippen molar-refractivity contribution in [3.63, 3.8) is 0 Å². The third-order valence-corrected chi connectivity index (χ3v) is 3.83. The van der Waals surface area contributed by atoms with Gasteiger partial charge in [-0.15, -0.1) is 0 Å². The number of benzene rings is 1. The van der Waals surface area contributed by atoms with Crippen molar-refractivity contribution in [2.45, 2.75) is 18.9 Å². The normalized spacial score (nSPS) is 16.2. The van der Waals surface area contributed by atoms with E-state index >= 15 is 0 Å². The Balaban J connectivity index is 1.98. The van der Waals surface area contributed by atoms with Crippen LogP contribution in [0.15, 0.2) is 24.3 Å². The molecule has 0 radical (unpaired) electrons. The molecule has 1 heterocycles. The van der Waals surface area contributed by atoms with Crippen LogP contribution < -0.4 is 4.74 Å². The number of hydrogen-bond donors (Lipinski definition) is 1. The van der Waals surface area contributed by atoms with Crippen molar-refractivity contribution in [2.24, 2.45) is 0 Å². The van der Waals surface area contributed by atoms with Crippen molar-refractivity contribution in [2.75, 3.05) is 11.5 Å². The first-order valence-corrected chi connectivity index (χ1v) is 6.94. The highest BCUT2D eigenvalue weighted by molar-refractivity contribution is 7.99. The van der Waals surface area contributed by atoms with Crippen LogP contribution in [-0.2, 0) is 4.79 Å². The fraction of sp³-hybridized carbons (Fsp3) is 0.385. The van der Waals surface area contributed by atoms with E-state index in [9.17, 15) is 9.59 Å². The van der Waals surface area contributed by atoms with Gasteiger partial charge in [0.15, 0.2) is 0 Å². The van der Waals surface area contributed by atoms with Gasteiger partial charge in [-0.1, -0.05) is 0 Å². The minimum absolute atomic E-state index is 0.175. The third kappa shape index (κ3) is 3.26. The van der Waals surface area contributed by atoms with Crippen molar-refractivity contribution in [3.05, 3.63) is 29.8 Å². The van der Waals surface area contributed by atoms with E-state index in [4.69, 9.17) is 9.84 Å². The lowest BCUT2D eigenvalue weighted by Crippen LogP contribution is -2.22. The number of Topliss-reactive ketones (excluding diaryl/α,β-unsaturated/α-hetero) is 1. The summed E-state index contributed by atoms with van der Waals surface area (Å²) in [4.78, 5) is 21.7. The number of thioether (sulfide) groups is 1. The molecule has 0 aromatic heterocycles. The first kappa shape index (κ1) is 13.0. The number of aliphatic carboxylic acids is 1. The maximum absolute atomic E-state index is 11.2. The van der Waals surface area contributed by atoms with Crippen LogP contribution in [0.3, 0.4) is 0 Å². The largest absolute Gasteiger partial charge is 0.490 e. The maximum Gasteiger partial charge on any atom is 0.377 e. The summed E-state index contributed by atoms with van der Waals surface area (Å²) in [5, 5.41) is 8.58. The zero-order chi connectivity index (χ0) is 13.0. The first-order chi connectivity index (χ1) is 8.66. The molecule has 0 atom stereocenters. The van der Waals surface area contributed by atoms with Gasteiger partial charge in [0.1, 0.15) is 11.9 Å². The summed E-state index contributed by atoms with van der Waals surface area (Å²) in [6, 6.07) is 6.28. The summed E-state index contributed by atoms with van der Waals surface area (Å²) >= 11 is 1.93. The molecule has 1 aliphatic rings. The molecule has 4 nitrogen and oxygen atoms in total. The molecule has 1 aromatic rings. The van der Waals surface area contributed by atoms with Gasteiger partial charge in [0.25, 0.3) is 5.78 Å². The van der Waals surface area contributed by atoms with Crippen molar-refractivity contribution < 1.29 is 19.4 Å². The molecular weight excluding hydrogens is 252 g/mol. The van der Waals surface area contributed by atoms with E-state index in [1.165, 1.54) is 12.1 Å². The standard InChI is InChI=1S/C13H14O4S/c14-12(13(15)16)9-1-3-10(4-2-9)17-11-5-7-18-8-6-11/h1-4,11H,5-8H2,(H,15,16). The average Bonchev–Trinajstić information content (AvgIpc) is 2.40. The summed E-state index contributed by atoms with van der Waals surface area (Å²) in [6.07, 6.45) is 2.29. The predicted octanol–water partition coefficient (Wildman–Crippen LogP) is 2.23. The number of rotatable bonds is 4. The third-order valence-electron chi connectivity index (χ3n) is 2.78. The monoisotopic (exact) mass is 266 g/mol. The number of carboxylic acid groups (broad SMARTS) is 1. The van der Waals surface area contributed by atoms with Gasteiger partial charge < -0.3 is 9.84 Å². The van der Waals surface area contributed by atoms with Crippen molar-refractivity contribution >= 4 is 23.5 Å². The Kier molecular flexibility index (Phi) is 4.25. The van der Waals surface area contributed by atoms with Crippen molar-refractivity contribution in [1.29, 1.82) is 0 Å². The number of ether oxygens (including phenoxy) is 1. The highest BCUT2D eigenvalue weighted by Gasteiger charge is 2.17. The summed E-state index contributed by atoms with van der Waals surface area (Å²) in [7, 11) is 0. The topological polar surface area (TPSA) is 63.6 Å². The molecular formula is C13H14O4S. The Morgan fingerprint density at radius 2 is 1.78 bits per heavy atom. The molecule has 1 saturated heterocycles. The molecule has 0 saturated carbocycles. The van der Waals surface area contributed by atoms with Crippen LogP contribution in [0.5, 0.6) is 5.75 Å². The van der Waals surface area contributed by atoms with Crippen LogP contribution in [0.4, 0.5) is 0 Å². The Labute approximate surface area is 109 Å². The SMILES string of the molecule is O=C(O)C(=O)c1ccc(OC2CCSCC2)cc1. The lowest BCUT2D eigenvalue weighted by molar-refractivity contribution is -0.131. The second-order valence-corrected chi connectivity index (χ2v) is 5.31. The van der Waals surface area contributed by atoms with Crippen LogP contribution in [-0.4, -0.2) is 34.5 Å². The summed E-state index contributed by atoms with van der Waals surface area (Å²) in [5.74, 6) is 0.581. The smallest absolute Gasteiger partial charge is 0.377 e. The predicted molar refractivity (Wildman–Crippen MR) is 69.4 cm³/mol. The lowest BCUT2D eigenvalue weighted by atomic mass is 10.1. The highest BCUT2D eigenvalue weighted by atomic mass is 32.2. The van der Waals surface area contributed by atoms with Gasteiger partial charge >= 0.3 is 5.97 Å². The van der Waals surface area contributed by atoms with Gasteiger partial charge in [0.05, 0.1) is 0 Å². The van der Waals surface area contributed by atoms with E-state index in [1.54, 1.807) is 12.1 Å². The van der Waals surface area contributed by atoms with E-state index in [0.29, 0.717) is 5.75 Å². The van der Waals surface area contributed by atoms with Gasteiger partial charge in [-0.2, -0.15) is 11.8 Å². The van der Waals surface area contributed by atoms with Gasteiger partial charge in [0, 0.05) is 5.56 Å². The minimum Gasteiger partial charge on any atom is -0.490 e. The molecule has 0 amide bonds. The first-order valence-electron chi connectivity index (χ1n) is 5.79. The van der Waals surface area contributed by atoms with Crippen LogP contribution in [0, 0.1) is 0 Å².